The summed E-state index contributed by atoms with van der Waals surface area (Å²) in [5, 5.41) is 18.8. The zero-order valence-corrected chi connectivity index (χ0v) is 10.2. The Kier molecular flexibility index (Phi) is 3.49. The van der Waals surface area contributed by atoms with Crippen LogP contribution in [0.1, 0.15) is 11.7 Å². The van der Waals surface area contributed by atoms with Crippen molar-refractivity contribution in [2.75, 3.05) is 20.3 Å². The molecule has 1 aromatic carbocycles. The summed E-state index contributed by atoms with van der Waals surface area (Å²) < 4.78 is 15.7. The van der Waals surface area contributed by atoms with Gasteiger partial charge in [0.05, 0.1) is 17.7 Å². The highest BCUT2D eigenvalue weighted by Crippen LogP contribution is 2.47. The normalized spacial score (nSPS) is 15.1. The molecule has 2 rings (SSSR count). The molecule has 1 aliphatic heterocycles. The number of aliphatic hydroxyl groups excluding tert-OH is 1. The van der Waals surface area contributed by atoms with E-state index in [1.807, 2.05) is 0 Å². The zero-order chi connectivity index (χ0) is 13.3. The minimum Gasteiger partial charge on any atom is -0.495 e. The van der Waals surface area contributed by atoms with E-state index in [4.69, 9.17) is 30.9 Å². The predicted octanol–water partition coefficient (Wildman–Crippen LogP) is 1.24. The second-order valence-corrected chi connectivity index (χ2v) is 3.98. The van der Waals surface area contributed by atoms with Gasteiger partial charge < -0.3 is 24.4 Å². The molecular weight excluding hydrogens is 264 g/mol. The van der Waals surface area contributed by atoms with Gasteiger partial charge in [0.15, 0.2) is 17.6 Å². The van der Waals surface area contributed by atoms with E-state index in [1.54, 1.807) is 0 Å². The van der Waals surface area contributed by atoms with Crippen LogP contribution in [0.25, 0.3) is 0 Å². The molecule has 1 aromatic rings. The zero-order valence-electron chi connectivity index (χ0n) is 9.47. The highest BCUT2D eigenvalue weighted by atomic mass is 35.5. The summed E-state index contributed by atoms with van der Waals surface area (Å²) in [6.45, 7) is 0.593. The van der Waals surface area contributed by atoms with Crippen LogP contribution >= 0.6 is 11.6 Å². The number of carbonyl (C=O) groups is 1. The van der Waals surface area contributed by atoms with Crippen molar-refractivity contribution in [1.29, 1.82) is 0 Å². The fourth-order valence-corrected chi connectivity index (χ4v) is 2.02. The van der Waals surface area contributed by atoms with Gasteiger partial charge in [0.2, 0.25) is 0 Å². The van der Waals surface area contributed by atoms with Gasteiger partial charge in [-0.25, -0.2) is 4.79 Å². The molecule has 1 atom stereocenters. The number of hydrogen-bond acceptors (Lipinski definition) is 5. The number of rotatable bonds is 3. The Morgan fingerprint density at radius 3 is 2.78 bits per heavy atom. The Balaban J connectivity index is 2.65. The lowest BCUT2D eigenvalue weighted by molar-refractivity contribution is -0.147. The number of hydrogen-bond donors (Lipinski definition) is 2. The number of halogens is 1. The average molecular weight is 275 g/mol. The fraction of sp³-hybridized carbons (Fsp3) is 0.364. The number of aliphatic carboxylic acids is 1. The highest BCUT2D eigenvalue weighted by Gasteiger charge is 2.31. The van der Waals surface area contributed by atoms with Crippen LogP contribution in [0.15, 0.2) is 6.07 Å². The molecule has 98 valence electrons. The molecule has 0 saturated heterocycles. The first-order valence-corrected chi connectivity index (χ1v) is 5.51. The number of ether oxygens (including phenoxy) is 3. The summed E-state index contributed by atoms with van der Waals surface area (Å²) in [7, 11) is 1.33. The lowest BCUT2D eigenvalue weighted by Gasteiger charge is -2.24. The summed E-state index contributed by atoms with van der Waals surface area (Å²) in [5.41, 5.74) is -0.0350. The van der Waals surface area contributed by atoms with Crippen LogP contribution in [0.3, 0.4) is 0 Å². The predicted molar refractivity (Wildman–Crippen MR) is 61.6 cm³/mol. The molecule has 2 N–H and O–H groups in total. The first-order valence-electron chi connectivity index (χ1n) is 5.13. The number of carboxylic acid groups (broad SMARTS) is 1. The second-order valence-electron chi connectivity index (χ2n) is 3.57. The number of benzene rings is 1. The number of aliphatic hydroxyl groups is 1. The van der Waals surface area contributed by atoms with E-state index in [2.05, 4.69) is 0 Å². The SMILES string of the molecule is COc1c(Cl)cc2c(c1C(O)C(=O)O)OCCO2. The molecule has 1 unspecified atom stereocenters. The number of methoxy groups -OCH3 is 1. The van der Waals surface area contributed by atoms with Crippen LogP contribution in [0.2, 0.25) is 5.02 Å². The van der Waals surface area contributed by atoms with Crippen LogP contribution < -0.4 is 14.2 Å². The third kappa shape index (κ3) is 2.04. The van der Waals surface area contributed by atoms with Crippen LogP contribution in [-0.2, 0) is 4.79 Å². The number of fused-ring (bicyclic) bond motifs is 1. The number of carboxylic acids is 1. The first kappa shape index (κ1) is 12.8. The Morgan fingerprint density at radius 1 is 1.50 bits per heavy atom. The molecule has 7 heteroatoms. The Labute approximate surface area is 108 Å². The molecular formula is C11H11ClO6. The van der Waals surface area contributed by atoms with Crippen molar-refractivity contribution in [3.8, 4) is 17.2 Å². The maximum Gasteiger partial charge on any atom is 0.337 e. The van der Waals surface area contributed by atoms with Gasteiger partial charge in [0.25, 0.3) is 0 Å². The molecule has 18 heavy (non-hydrogen) atoms. The quantitative estimate of drug-likeness (QED) is 0.862. The molecule has 0 aromatic heterocycles. The standard InChI is InChI=1S/C11H11ClO6/c1-16-9-5(12)4-6-10(18-3-2-17-6)7(9)8(13)11(14)15/h4,8,13H,2-3H2,1H3,(H,14,15). The third-order valence-electron chi connectivity index (χ3n) is 2.49. The van der Waals surface area contributed by atoms with Gasteiger partial charge in [0, 0.05) is 6.07 Å². The summed E-state index contributed by atoms with van der Waals surface area (Å²) in [4.78, 5) is 10.9. The van der Waals surface area contributed by atoms with Crippen LogP contribution in [0.4, 0.5) is 0 Å². The second kappa shape index (κ2) is 4.91. The van der Waals surface area contributed by atoms with Gasteiger partial charge in [-0.1, -0.05) is 11.6 Å². The maximum absolute atomic E-state index is 10.9. The first-order chi connectivity index (χ1) is 8.56. The van der Waals surface area contributed by atoms with Crippen molar-refractivity contribution < 1.29 is 29.2 Å². The van der Waals surface area contributed by atoms with Gasteiger partial charge in [-0.2, -0.15) is 0 Å². The maximum atomic E-state index is 10.9. The van der Waals surface area contributed by atoms with Crippen molar-refractivity contribution in [2.24, 2.45) is 0 Å². The van der Waals surface area contributed by atoms with Gasteiger partial charge in [-0.15, -0.1) is 0 Å². The lowest BCUT2D eigenvalue weighted by Crippen LogP contribution is -2.20. The van der Waals surface area contributed by atoms with E-state index >= 15 is 0 Å². The van der Waals surface area contributed by atoms with E-state index in [9.17, 15) is 9.90 Å². The van der Waals surface area contributed by atoms with E-state index in [0.717, 1.165) is 0 Å². The van der Waals surface area contributed by atoms with E-state index in [-0.39, 0.29) is 28.7 Å². The molecule has 6 nitrogen and oxygen atoms in total. The largest absolute Gasteiger partial charge is 0.495 e. The van der Waals surface area contributed by atoms with Crippen molar-refractivity contribution in [3.05, 3.63) is 16.7 Å². The smallest absolute Gasteiger partial charge is 0.337 e. The minimum absolute atomic E-state index is 0.0350. The van der Waals surface area contributed by atoms with Gasteiger partial charge in [-0.3, -0.25) is 0 Å². The fourth-order valence-electron chi connectivity index (χ4n) is 1.74. The van der Waals surface area contributed by atoms with Crippen molar-refractivity contribution in [2.45, 2.75) is 6.10 Å². The van der Waals surface area contributed by atoms with Crippen molar-refractivity contribution in [3.63, 3.8) is 0 Å². The molecule has 1 heterocycles. The minimum atomic E-state index is -1.80. The van der Waals surface area contributed by atoms with E-state index in [1.165, 1.54) is 13.2 Å². The highest BCUT2D eigenvalue weighted by molar-refractivity contribution is 6.32. The molecule has 0 bridgehead atoms. The van der Waals surface area contributed by atoms with Crippen LogP contribution in [-0.4, -0.2) is 36.5 Å². The third-order valence-corrected chi connectivity index (χ3v) is 2.77. The van der Waals surface area contributed by atoms with Gasteiger partial charge in [-0.05, 0) is 0 Å². The monoisotopic (exact) mass is 274 g/mol. The molecule has 1 aliphatic rings. The average Bonchev–Trinajstić information content (AvgIpc) is 2.36. The van der Waals surface area contributed by atoms with E-state index < -0.39 is 12.1 Å². The van der Waals surface area contributed by atoms with E-state index in [0.29, 0.717) is 12.4 Å². The van der Waals surface area contributed by atoms with Gasteiger partial charge in [0.1, 0.15) is 19.0 Å². The Hall–Kier alpha value is -1.66. The molecule has 0 fully saturated rings. The molecule has 0 amide bonds. The van der Waals surface area contributed by atoms with Crippen LogP contribution in [0.5, 0.6) is 17.2 Å². The van der Waals surface area contributed by atoms with Crippen molar-refractivity contribution in [1.82, 2.24) is 0 Å². The van der Waals surface area contributed by atoms with Gasteiger partial charge >= 0.3 is 5.97 Å². The summed E-state index contributed by atoms with van der Waals surface area (Å²) >= 11 is 5.95. The molecule has 0 radical (unpaired) electrons. The summed E-state index contributed by atoms with van der Waals surface area (Å²) in [6, 6.07) is 1.47. The Morgan fingerprint density at radius 2 is 2.17 bits per heavy atom. The molecule has 0 spiro atoms. The summed E-state index contributed by atoms with van der Waals surface area (Å²) in [5.74, 6) is -0.914. The van der Waals surface area contributed by atoms with Crippen molar-refractivity contribution >= 4 is 17.6 Å². The molecule has 0 aliphatic carbocycles. The molecule has 0 saturated carbocycles. The lowest BCUT2D eigenvalue weighted by atomic mass is 10.1. The topological polar surface area (TPSA) is 85.2 Å². The summed E-state index contributed by atoms with van der Waals surface area (Å²) in [6.07, 6.45) is -1.80. The van der Waals surface area contributed by atoms with Crippen LogP contribution in [0, 0.1) is 0 Å². The Bertz CT molecular complexity index is 487.